The van der Waals surface area contributed by atoms with Gasteiger partial charge in [-0.05, 0) is 13.3 Å². The Balaban J connectivity index is 2.61. The normalized spacial score (nSPS) is 10.3. The lowest BCUT2D eigenvalue weighted by molar-refractivity contribution is 0.876. The van der Waals surface area contributed by atoms with E-state index in [2.05, 4.69) is 16.9 Å². The molecule has 1 N–H and O–H groups in total. The molecule has 0 saturated carbocycles. The highest BCUT2D eigenvalue weighted by molar-refractivity contribution is 7.99. The maximum Gasteiger partial charge on any atom is 0.251 e. The molecule has 0 amide bonds. The Bertz CT molecular complexity index is 322. The van der Waals surface area contributed by atoms with Gasteiger partial charge in [0.05, 0.1) is 0 Å². The van der Waals surface area contributed by atoms with E-state index in [0.29, 0.717) is 0 Å². The Hall–Kier alpha value is -0.770. The lowest BCUT2D eigenvalue weighted by atomic mass is 10.4. The lowest BCUT2D eigenvalue weighted by Gasteiger charge is -1.99. The number of aryl methyl sites for hydroxylation is 1. The van der Waals surface area contributed by atoms with Crippen molar-refractivity contribution in [1.82, 2.24) is 9.97 Å². The van der Waals surface area contributed by atoms with Gasteiger partial charge in [-0.1, -0.05) is 25.1 Å². The summed E-state index contributed by atoms with van der Waals surface area (Å²) in [6.45, 7) is 3.98. The average Bonchev–Trinajstić information content (AvgIpc) is 2.03. The lowest BCUT2D eigenvalue weighted by Crippen LogP contribution is -2.08. The number of H-pyrrole nitrogens is 1. The molecule has 1 rings (SSSR count). The second kappa shape index (κ2) is 5.07. The maximum absolute atomic E-state index is 11.0. The first-order valence-corrected chi connectivity index (χ1v) is 5.41. The van der Waals surface area contributed by atoms with Crippen LogP contribution in [0.1, 0.15) is 25.5 Å². The maximum atomic E-state index is 11.0. The fourth-order valence-electron chi connectivity index (χ4n) is 0.933. The minimum Gasteiger partial charge on any atom is -0.301 e. The monoisotopic (exact) mass is 198 g/mol. The highest BCUT2D eigenvalue weighted by Crippen LogP contribution is 2.12. The van der Waals surface area contributed by atoms with Gasteiger partial charge < -0.3 is 4.98 Å². The molecular weight excluding hydrogens is 184 g/mol. The van der Waals surface area contributed by atoms with Crippen molar-refractivity contribution in [2.24, 2.45) is 0 Å². The number of nitrogens with one attached hydrogen (secondary N) is 1. The van der Waals surface area contributed by atoms with E-state index in [1.54, 1.807) is 11.8 Å². The van der Waals surface area contributed by atoms with Gasteiger partial charge in [0.2, 0.25) is 0 Å². The van der Waals surface area contributed by atoms with Crippen molar-refractivity contribution in [1.29, 1.82) is 0 Å². The molecule has 0 spiro atoms. The van der Waals surface area contributed by atoms with Crippen LogP contribution < -0.4 is 5.56 Å². The highest BCUT2D eigenvalue weighted by atomic mass is 32.2. The Morgan fingerprint density at radius 1 is 1.62 bits per heavy atom. The van der Waals surface area contributed by atoms with Crippen molar-refractivity contribution in [3.63, 3.8) is 0 Å². The quantitative estimate of drug-likeness (QED) is 0.457. The van der Waals surface area contributed by atoms with Crippen LogP contribution in [0.5, 0.6) is 0 Å². The highest BCUT2D eigenvalue weighted by Gasteiger charge is 1.97. The molecule has 1 aromatic rings. The molecule has 0 saturated heterocycles. The van der Waals surface area contributed by atoms with Gasteiger partial charge in [-0.15, -0.1) is 0 Å². The number of hydrogen-bond donors (Lipinski definition) is 1. The Morgan fingerprint density at radius 3 is 3.00 bits per heavy atom. The summed E-state index contributed by atoms with van der Waals surface area (Å²) >= 11 is 1.61. The number of unbranched alkanes of at least 4 members (excludes halogenated alkanes) is 1. The summed E-state index contributed by atoms with van der Waals surface area (Å²) in [5.74, 6) is 1.02. The number of thioether (sulfide) groups is 1. The Morgan fingerprint density at radius 2 is 2.38 bits per heavy atom. The van der Waals surface area contributed by atoms with Crippen molar-refractivity contribution in [3.8, 4) is 0 Å². The van der Waals surface area contributed by atoms with Crippen LogP contribution in [0.15, 0.2) is 16.0 Å². The third-order valence-corrected chi connectivity index (χ3v) is 2.54. The molecule has 1 heterocycles. The van der Waals surface area contributed by atoms with Gasteiger partial charge >= 0.3 is 0 Å². The van der Waals surface area contributed by atoms with Crippen LogP contribution in [0.3, 0.4) is 0 Å². The van der Waals surface area contributed by atoms with E-state index in [9.17, 15) is 4.79 Å². The standard InChI is InChI=1S/C9H14N2OS/c1-3-4-5-13-9-10-7(2)6-8(12)11-9/h6H,3-5H2,1-2H3,(H,10,11,12). The first-order chi connectivity index (χ1) is 6.22. The molecule has 0 aliphatic carbocycles. The topological polar surface area (TPSA) is 45.8 Å². The summed E-state index contributed by atoms with van der Waals surface area (Å²) in [4.78, 5) is 18.0. The molecule has 0 aliphatic rings. The zero-order valence-corrected chi connectivity index (χ0v) is 8.78. The molecule has 0 aliphatic heterocycles. The second-order valence-electron chi connectivity index (χ2n) is 2.89. The summed E-state index contributed by atoms with van der Waals surface area (Å²) in [6, 6.07) is 1.50. The van der Waals surface area contributed by atoms with Crippen LogP contribution in [0.2, 0.25) is 0 Å². The molecule has 0 bridgehead atoms. The number of hydrogen-bond acceptors (Lipinski definition) is 3. The zero-order chi connectivity index (χ0) is 9.68. The van der Waals surface area contributed by atoms with Crippen molar-refractivity contribution >= 4 is 11.8 Å². The number of aromatic nitrogens is 2. The molecule has 3 nitrogen and oxygen atoms in total. The average molecular weight is 198 g/mol. The van der Waals surface area contributed by atoms with Crippen LogP contribution in [-0.4, -0.2) is 15.7 Å². The van der Waals surface area contributed by atoms with Crippen LogP contribution >= 0.6 is 11.8 Å². The SMILES string of the molecule is CCCCSc1nc(C)cc(=O)[nH]1. The van der Waals surface area contributed by atoms with E-state index < -0.39 is 0 Å². The van der Waals surface area contributed by atoms with Crippen LogP contribution in [-0.2, 0) is 0 Å². The predicted molar refractivity (Wildman–Crippen MR) is 55.2 cm³/mol. The van der Waals surface area contributed by atoms with Gasteiger partial charge in [-0.3, -0.25) is 4.79 Å². The van der Waals surface area contributed by atoms with E-state index in [0.717, 1.165) is 23.0 Å². The Kier molecular flexibility index (Phi) is 4.02. The summed E-state index contributed by atoms with van der Waals surface area (Å²) < 4.78 is 0. The van der Waals surface area contributed by atoms with E-state index in [1.807, 2.05) is 6.92 Å². The minimum absolute atomic E-state index is 0.0634. The van der Waals surface area contributed by atoms with E-state index in [1.165, 1.54) is 12.5 Å². The molecule has 0 aromatic carbocycles. The number of aromatic amines is 1. The van der Waals surface area contributed by atoms with Gasteiger partial charge in [0.25, 0.3) is 5.56 Å². The van der Waals surface area contributed by atoms with Crippen molar-refractivity contribution in [3.05, 3.63) is 22.1 Å². The van der Waals surface area contributed by atoms with Crippen molar-refractivity contribution in [2.45, 2.75) is 31.8 Å². The Labute approximate surface area is 82.0 Å². The number of rotatable bonds is 4. The molecular formula is C9H14N2OS. The first kappa shape index (κ1) is 10.3. The van der Waals surface area contributed by atoms with Crippen molar-refractivity contribution < 1.29 is 0 Å². The summed E-state index contributed by atoms with van der Waals surface area (Å²) in [5, 5.41) is 0.735. The first-order valence-electron chi connectivity index (χ1n) is 4.43. The molecule has 72 valence electrons. The van der Waals surface area contributed by atoms with Crippen molar-refractivity contribution in [2.75, 3.05) is 5.75 Å². The van der Waals surface area contributed by atoms with Gasteiger partial charge in [-0.2, -0.15) is 0 Å². The van der Waals surface area contributed by atoms with E-state index >= 15 is 0 Å². The summed E-state index contributed by atoms with van der Waals surface area (Å²) in [6.07, 6.45) is 2.32. The van der Waals surface area contributed by atoms with E-state index in [4.69, 9.17) is 0 Å². The zero-order valence-electron chi connectivity index (χ0n) is 7.96. The fraction of sp³-hybridized carbons (Fsp3) is 0.556. The smallest absolute Gasteiger partial charge is 0.251 e. The van der Waals surface area contributed by atoms with Gasteiger partial charge in [0.1, 0.15) is 0 Å². The van der Waals surface area contributed by atoms with Crippen LogP contribution in [0.4, 0.5) is 0 Å². The fourth-order valence-corrected chi connectivity index (χ4v) is 1.94. The second-order valence-corrected chi connectivity index (χ2v) is 3.98. The largest absolute Gasteiger partial charge is 0.301 e. The van der Waals surface area contributed by atoms with Gasteiger partial charge in [0, 0.05) is 17.5 Å². The molecule has 0 fully saturated rings. The van der Waals surface area contributed by atoms with Gasteiger partial charge in [0.15, 0.2) is 5.16 Å². The molecule has 0 radical (unpaired) electrons. The number of nitrogens with zero attached hydrogens (tertiary/aromatic N) is 1. The minimum atomic E-state index is -0.0634. The predicted octanol–water partition coefficient (Wildman–Crippen LogP) is 1.97. The van der Waals surface area contributed by atoms with E-state index in [-0.39, 0.29) is 5.56 Å². The molecule has 4 heteroatoms. The van der Waals surface area contributed by atoms with Gasteiger partial charge in [-0.25, -0.2) is 4.98 Å². The molecule has 1 aromatic heterocycles. The summed E-state index contributed by atoms with van der Waals surface area (Å²) in [7, 11) is 0. The molecule has 13 heavy (non-hydrogen) atoms. The summed E-state index contributed by atoms with van der Waals surface area (Å²) in [5.41, 5.74) is 0.717. The van der Waals surface area contributed by atoms with Crippen LogP contribution in [0, 0.1) is 6.92 Å². The molecule has 0 atom stereocenters. The third kappa shape index (κ3) is 3.63. The third-order valence-electron chi connectivity index (χ3n) is 1.58. The molecule has 0 unspecified atom stereocenters. The van der Waals surface area contributed by atoms with Crippen LogP contribution in [0.25, 0.3) is 0 Å².